The highest BCUT2D eigenvalue weighted by Crippen LogP contribution is 2.34. The lowest BCUT2D eigenvalue weighted by Crippen LogP contribution is -2.34. The van der Waals surface area contributed by atoms with Crippen molar-refractivity contribution >= 4 is 17.4 Å². The van der Waals surface area contributed by atoms with E-state index in [2.05, 4.69) is 0 Å². The van der Waals surface area contributed by atoms with E-state index in [4.69, 9.17) is 17.3 Å². The summed E-state index contributed by atoms with van der Waals surface area (Å²) in [5, 5.41) is 0.660. The zero-order valence-electron chi connectivity index (χ0n) is 8.72. The fraction of sp³-hybridized carbons (Fsp3) is 0.417. The van der Waals surface area contributed by atoms with Crippen molar-refractivity contribution in [1.29, 1.82) is 0 Å². The highest BCUT2D eigenvalue weighted by molar-refractivity contribution is 6.31. The molecular formula is C12H14ClNO. The summed E-state index contributed by atoms with van der Waals surface area (Å²) in [4.78, 5) is 11.7. The number of rotatable bonds is 3. The van der Waals surface area contributed by atoms with Gasteiger partial charge in [-0.15, -0.1) is 0 Å². The van der Waals surface area contributed by atoms with Crippen LogP contribution in [0.4, 0.5) is 0 Å². The minimum absolute atomic E-state index is 0.105. The number of carbonyl (C=O) groups is 1. The van der Waals surface area contributed by atoms with Gasteiger partial charge in [0.05, 0.1) is 5.54 Å². The lowest BCUT2D eigenvalue weighted by molar-refractivity contribution is -0.120. The molecular weight excluding hydrogens is 210 g/mol. The van der Waals surface area contributed by atoms with Crippen LogP contribution >= 0.6 is 11.6 Å². The Labute approximate surface area is 94.4 Å². The van der Waals surface area contributed by atoms with Crippen LogP contribution in [0.5, 0.6) is 0 Å². The van der Waals surface area contributed by atoms with Crippen LogP contribution in [0.15, 0.2) is 18.2 Å². The minimum atomic E-state index is -0.547. The number of carbonyl (C=O) groups excluding carboxylic acids is 1. The van der Waals surface area contributed by atoms with Gasteiger partial charge in [0.25, 0.3) is 0 Å². The van der Waals surface area contributed by atoms with E-state index in [1.165, 1.54) is 0 Å². The first-order valence-electron chi connectivity index (χ1n) is 5.08. The quantitative estimate of drug-likeness (QED) is 0.854. The van der Waals surface area contributed by atoms with E-state index in [0.717, 1.165) is 24.0 Å². The summed E-state index contributed by atoms with van der Waals surface area (Å²) in [5.74, 6) is 0.105. The van der Waals surface area contributed by atoms with Crippen molar-refractivity contribution in [1.82, 2.24) is 0 Å². The van der Waals surface area contributed by atoms with Crippen LogP contribution < -0.4 is 5.73 Å². The number of ketones is 1. The molecule has 0 bridgehead atoms. The fourth-order valence-electron chi connectivity index (χ4n) is 1.56. The summed E-state index contributed by atoms with van der Waals surface area (Å²) >= 11 is 6.05. The summed E-state index contributed by atoms with van der Waals surface area (Å²) in [6.45, 7) is 1.97. The maximum atomic E-state index is 11.7. The van der Waals surface area contributed by atoms with Crippen LogP contribution in [-0.2, 0) is 11.2 Å². The van der Waals surface area contributed by atoms with Crippen molar-refractivity contribution in [3.63, 3.8) is 0 Å². The van der Waals surface area contributed by atoms with E-state index in [9.17, 15) is 4.79 Å². The molecule has 2 nitrogen and oxygen atoms in total. The van der Waals surface area contributed by atoms with Gasteiger partial charge in [0.1, 0.15) is 0 Å². The van der Waals surface area contributed by atoms with Gasteiger partial charge < -0.3 is 5.73 Å². The van der Waals surface area contributed by atoms with Gasteiger partial charge in [-0.25, -0.2) is 0 Å². The smallest absolute Gasteiger partial charge is 0.157 e. The predicted molar refractivity (Wildman–Crippen MR) is 61.1 cm³/mol. The molecule has 1 fully saturated rings. The second-order valence-corrected chi connectivity index (χ2v) is 4.76. The zero-order valence-corrected chi connectivity index (χ0v) is 9.47. The Kier molecular flexibility index (Phi) is 2.57. The number of hydrogen-bond donors (Lipinski definition) is 1. The molecule has 1 aliphatic rings. The number of nitrogens with two attached hydrogens (primary N) is 1. The van der Waals surface area contributed by atoms with Crippen molar-refractivity contribution in [3.8, 4) is 0 Å². The molecule has 0 aromatic heterocycles. The number of benzene rings is 1. The average molecular weight is 224 g/mol. The van der Waals surface area contributed by atoms with Crippen molar-refractivity contribution in [2.24, 2.45) is 5.73 Å². The van der Waals surface area contributed by atoms with E-state index < -0.39 is 5.54 Å². The largest absolute Gasteiger partial charge is 0.319 e. The van der Waals surface area contributed by atoms with Gasteiger partial charge in [0.15, 0.2) is 5.78 Å². The second kappa shape index (κ2) is 3.62. The molecule has 0 spiro atoms. The van der Waals surface area contributed by atoms with Crippen molar-refractivity contribution in [2.45, 2.75) is 31.7 Å². The average Bonchev–Trinajstić information content (AvgIpc) is 2.90. The van der Waals surface area contributed by atoms with Crippen molar-refractivity contribution in [3.05, 3.63) is 34.3 Å². The third kappa shape index (κ3) is 2.21. The zero-order chi connectivity index (χ0) is 11.1. The monoisotopic (exact) mass is 223 g/mol. The van der Waals surface area contributed by atoms with Crippen LogP contribution in [0.25, 0.3) is 0 Å². The third-order valence-electron chi connectivity index (χ3n) is 2.90. The van der Waals surface area contributed by atoms with Crippen molar-refractivity contribution in [2.75, 3.05) is 0 Å². The first-order valence-corrected chi connectivity index (χ1v) is 5.46. The Hall–Kier alpha value is -0.860. The van der Waals surface area contributed by atoms with Gasteiger partial charge in [-0.3, -0.25) is 4.79 Å². The topological polar surface area (TPSA) is 43.1 Å². The molecule has 15 heavy (non-hydrogen) atoms. The molecule has 3 heteroatoms. The molecule has 80 valence electrons. The van der Waals surface area contributed by atoms with E-state index in [1.54, 1.807) is 0 Å². The molecule has 0 atom stereocenters. The van der Waals surface area contributed by atoms with E-state index in [0.29, 0.717) is 11.4 Å². The third-order valence-corrected chi connectivity index (χ3v) is 3.26. The highest BCUT2D eigenvalue weighted by atomic mass is 35.5. The SMILES string of the molecule is Cc1ccc(CC(=O)C2(N)CC2)c(Cl)c1. The van der Waals surface area contributed by atoms with Gasteiger partial charge in [0.2, 0.25) is 0 Å². The van der Waals surface area contributed by atoms with Crippen LogP contribution in [0, 0.1) is 6.92 Å². The van der Waals surface area contributed by atoms with E-state index >= 15 is 0 Å². The number of aryl methyl sites for hydroxylation is 1. The van der Waals surface area contributed by atoms with Crippen LogP contribution in [0.3, 0.4) is 0 Å². The van der Waals surface area contributed by atoms with Gasteiger partial charge >= 0.3 is 0 Å². The molecule has 0 aliphatic heterocycles. The lowest BCUT2D eigenvalue weighted by atomic mass is 10.0. The Balaban J connectivity index is 2.14. The van der Waals surface area contributed by atoms with E-state index in [-0.39, 0.29) is 5.78 Å². The van der Waals surface area contributed by atoms with Crippen LogP contribution in [0.2, 0.25) is 5.02 Å². The van der Waals surface area contributed by atoms with Gasteiger partial charge in [-0.1, -0.05) is 23.7 Å². The molecule has 2 rings (SSSR count). The first kappa shape index (κ1) is 10.7. The van der Waals surface area contributed by atoms with Gasteiger partial charge in [-0.2, -0.15) is 0 Å². The minimum Gasteiger partial charge on any atom is -0.319 e. The van der Waals surface area contributed by atoms with Gasteiger partial charge in [-0.05, 0) is 37.0 Å². The van der Waals surface area contributed by atoms with Crippen molar-refractivity contribution < 1.29 is 4.79 Å². The Bertz CT molecular complexity index is 410. The molecule has 2 N–H and O–H groups in total. The Morgan fingerprint density at radius 1 is 1.53 bits per heavy atom. The number of halogens is 1. The molecule has 1 aromatic carbocycles. The summed E-state index contributed by atoms with van der Waals surface area (Å²) in [6.07, 6.45) is 1.99. The number of Topliss-reactive ketones (excluding diaryl/α,β-unsaturated/α-hetero) is 1. The first-order chi connectivity index (χ1) is 7.01. The molecule has 0 unspecified atom stereocenters. The summed E-state index contributed by atoms with van der Waals surface area (Å²) in [5.41, 5.74) is 7.26. The predicted octanol–water partition coefficient (Wildman–Crippen LogP) is 2.25. The van der Waals surface area contributed by atoms with Crippen LogP contribution in [-0.4, -0.2) is 11.3 Å². The summed E-state index contributed by atoms with van der Waals surface area (Å²) in [6, 6.07) is 5.74. The maximum Gasteiger partial charge on any atom is 0.157 e. The highest BCUT2D eigenvalue weighted by Gasteiger charge is 2.45. The molecule has 1 aromatic rings. The standard InChI is InChI=1S/C12H14ClNO/c1-8-2-3-9(10(13)6-8)7-11(15)12(14)4-5-12/h2-3,6H,4-5,7,14H2,1H3. The molecule has 1 aliphatic carbocycles. The molecule has 0 heterocycles. The van der Waals surface area contributed by atoms with Gasteiger partial charge in [0, 0.05) is 11.4 Å². The maximum absolute atomic E-state index is 11.7. The normalized spacial score (nSPS) is 17.5. The molecule has 1 saturated carbocycles. The lowest BCUT2D eigenvalue weighted by Gasteiger charge is -2.09. The van der Waals surface area contributed by atoms with Crippen LogP contribution in [0.1, 0.15) is 24.0 Å². The molecule has 0 amide bonds. The molecule has 0 radical (unpaired) electrons. The van der Waals surface area contributed by atoms with E-state index in [1.807, 2.05) is 25.1 Å². The Morgan fingerprint density at radius 3 is 2.73 bits per heavy atom. The Morgan fingerprint density at radius 2 is 2.20 bits per heavy atom. The second-order valence-electron chi connectivity index (χ2n) is 4.35. The molecule has 0 saturated heterocycles. The fourth-order valence-corrected chi connectivity index (χ4v) is 1.86. The summed E-state index contributed by atoms with van der Waals surface area (Å²) < 4.78 is 0. The number of hydrogen-bond acceptors (Lipinski definition) is 2. The summed E-state index contributed by atoms with van der Waals surface area (Å²) in [7, 11) is 0.